The average Bonchev–Trinajstić information content (AvgIpc) is 2.89. The quantitative estimate of drug-likeness (QED) is 0.731. The fraction of sp³-hybridized carbons (Fsp3) is 0.0625. The number of rotatable bonds is 2. The molecule has 7 heteroatoms. The van der Waals surface area contributed by atoms with Gasteiger partial charge in [0.05, 0.1) is 34.6 Å². The summed E-state index contributed by atoms with van der Waals surface area (Å²) in [6.07, 6.45) is 3.01. The summed E-state index contributed by atoms with van der Waals surface area (Å²) in [5.41, 5.74) is 7.50. The molecule has 0 unspecified atom stereocenters. The molecule has 0 fully saturated rings. The van der Waals surface area contributed by atoms with E-state index in [-0.39, 0.29) is 16.9 Å². The summed E-state index contributed by atoms with van der Waals surface area (Å²) in [7, 11) is 1.26. The maximum atomic E-state index is 12.1. The number of carbonyl (C=O) groups excluding carboxylic acids is 1. The molecule has 1 aromatic carbocycles. The van der Waals surface area contributed by atoms with Gasteiger partial charge >= 0.3 is 5.97 Å². The fourth-order valence-electron chi connectivity index (χ4n) is 2.42. The Morgan fingerprint density at radius 2 is 2.26 bits per heavy atom. The number of nitriles is 1. The van der Waals surface area contributed by atoms with Crippen LogP contribution in [-0.2, 0) is 4.74 Å². The van der Waals surface area contributed by atoms with E-state index in [1.54, 1.807) is 18.2 Å². The van der Waals surface area contributed by atoms with E-state index < -0.39 is 5.97 Å². The number of nitrogens with zero attached hydrogens (tertiary/aromatic N) is 3. The molecule has 0 aliphatic rings. The number of methoxy groups -OCH3 is 1. The topological polar surface area (TPSA) is 93.9 Å². The number of nitrogens with two attached hydrogens (primary N) is 1. The van der Waals surface area contributed by atoms with Gasteiger partial charge in [0.25, 0.3) is 0 Å². The molecule has 0 saturated heterocycles. The number of hydrogen-bond acceptors (Lipinski definition) is 5. The Labute approximate surface area is 136 Å². The van der Waals surface area contributed by atoms with Crippen molar-refractivity contribution in [1.82, 2.24) is 9.55 Å². The van der Waals surface area contributed by atoms with Gasteiger partial charge in [-0.05, 0) is 12.1 Å². The van der Waals surface area contributed by atoms with Gasteiger partial charge in [-0.25, -0.2) is 4.79 Å². The molecular formula is C16H11ClN4O2. The summed E-state index contributed by atoms with van der Waals surface area (Å²) < 4.78 is 6.29. The Morgan fingerprint density at radius 3 is 2.96 bits per heavy atom. The van der Waals surface area contributed by atoms with Crippen molar-refractivity contribution in [3.63, 3.8) is 0 Å². The van der Waals surface area contributed by atoms with E-state index in [2.05, 4.69) is 4.98 Å². The van der Waals surface area contributed by atoms with E-state index in [0.717, 1.165) is 5.39 Å². The van der Waals surface area contributed by atoms with Crippen LogP contribution >= 0.6 is 11.6 Å². The van der Waals surface area contributed by atoms with Gasteiger partial charge < -0.3 is 15.0 Å². The molecule has 6 nitrogen and oxygen atoms in total. The second kappa shape index (κ2) is 5.63. The maximum Gasteiger partial charge on any atom is 0.357 e. The molecule has 0 bridgehead atoms. The summed E-state index contributed by atoms with van der Waals surface area (Å²) in [5.74, 6) is -0.630. The molecule has 2 aromatic heterocycles. The minimum absolute atomic E-state index is 0.0744. The van der Waals surface area contributed by atoms with Crippen molar-refractivity contribution >= 4 is 34.2 Å². The zero-order chi connectivity index (χ0) is 16.6. The third-order valence-corrected chi connectivity index (χ3v) is 3.67. The Hall–Kier alpha value is -3.04. The molecule has 3 aromatic rings. The Kier molecular flexibility index (Phi) is 3.64. The number of fused-ring (bicyclic) bond motifs is 1. The maximum absolute atomic E-state index is 12.1. The molecule has 3 rings (SSSR count). The van der Waals surface area contributed by atoms with Crippen molar-refractivity contribution in [1.29, 1.82) is 5.26 Å². The summed E-state index contributed by atoms with van der Waals surface area (Å²) in [5, 5.41) is 10.5. The number of esters is 1. The molecule has 2 heterocycles. The van der Waals surface area contributed by atoms with Crippen LogP contribution in [-0.4, -0.2) is 22.6 Å². The van der Waals surface area contributed by atoms with Crippen LogP contribution in [0.15, 0.2) is 36.7 Å². The van der Waals surface area contributed by atoms with Crippen molar-refractivity contribution < 1.29 is 9.53 Å². The van der Waals surface area contributed by atoms with Gasteiger partial charge in [0.2, 0.25) is 0 Å². The minimum Gasteiger partial charge on any atom is -0.464 e. The number of para-hydroxylation sites is 1. The smallest absolute Gasteiger partial charge is 0.357 e. The predicted molar refractivity (Wildman–Crippen MR) is 86.5 cm³/mol. The van der Waals surface area contributed by atoms with Crippen LogP contribution in [0.5, 0.6) is 0 Å². The van der Waals surface area contributed by atoms with E-state index >= 15 is 0 Å². The van der Waals surface area contributed by atoms with Crippen LogP contribution in [0.25, 0.3) is 16.6 Å². The lowest BCUT2D eigenvalue weighted by atomic mass is 10.2. The number of hydrogen-bond donors (Lipinski definition) is 1. The van der Waals surface area contributed by atoms with Crippen LogP contribution in [0, 0.1) is 11.3 Å². The van der Waals surface area contributed by atoms with E-state index in [9.17, 15) is 10.1 Å². The van der Waals surface area contributed by atoms with Gasteiger partial charge in [0.15, 0.2) is 5.69 Å². The molecule has 0 aliphatic carbocycles. The van der Waals surface area contributed by atoms with Crippen molar-refractivity contribution in [2.45, 2.75) is 0 Å². The largest absolute Gasteiger partial charge is 0.464 e. The van der Waals surface area contributed by atoms with Gasteiger partial charge in [-0.3, -0.25) is 4.98 Å². The van der Waals surface area contributed by atoms with Crippen molar-refractivity contribution in [3.05, 3.63) is 52.9 Å². The van der Waals surface area contributed by atoms with E-state index in [1.165, 1.54) is 24.1 Å². The number of pyridine rings is 1. The number of anilines is 1. The Morgan fingerprint density at radius 1 is 1.48 bits per heavy atom. The molecule has 114 valence electrons. The lowest BCUT2D eigenvalue weighted by Gasteiger charge is -2.11. The number of halogens is 1. The third-order valence-electron chi connectivity index (χ3n) is 3.46. The zero-order valence-corrected chi connectivity index (χ0v) is 12.8. The standard InChI is InChI=1S/C16H11ClN4O2/c1-23-16(22)15-13(19)10(6-18)8-21(15)12-4-2-3-9-5-11(17)7-20-14(9)12/h2-5,7-8H,19H2,1H3. The van der Waals surface area contributed by atoms with E-state index in [0.29, 0.717) is 16.2 Å². The molecule has 0 spiro atoms. The average molecular weight is 327 g/mol. The number of aromatic nitrogens is 2. The highest BCUT2D eigenvalue weighted by molar-refractivity contribution is 6.31. The van der Waals surface area contributed by atoms with Crippen molar-refractivity contribution in [2.24, 2.45) is 0 Å². The first-order valence-electron chi connectivity index (χ1n) is 6.60. The SMILES string of the molecule is COC(=O)c1c(N)c(C#N)cn1-c1cccc2cc(Cl)cnc12. The van der Waals surface area contributed by atoms with Crippen LogP contribution in [0.3, 0.4) is 0 Å². The molecule has 0 aliphatic heterocycles. The van der Waals surface area contributed by atoms with Gasteiger partial charge in [-0.15, -0.1) is 0 Å². The molecule has 0 amide bonds. The first-order chi connectivity index (χ1) is 11.1. The van der Waals surface area contributed by atoms with Crippen LogP contribution in [0.4, 0.5) is 5.69 Å². The lowest BCUT2D eigenvalue weighted by molar-refractivity contribution is 0.0593. The fourth-order valence-corrected chi connectivity index (χ4v) is 2.58. The summed E-state index contributed by atoms with van der Waals surface area (Å²) in [4.78, 5) is 16.4. The van der Waals surface area contributed by atoms with E-state index in [1.807, 2.05) is 12.1 Å². The normalized spacial score (nSPS) is 10.5. The molecule has 0 atom stereocenters. The third kappa shape index (κ3) is 2.37. The Bertz CT molecular complexity index is 972. The highest BCUT2D eigenvalue weighted by Gasteiger charge is 2.22. The van der Waals surface area contributed by atoms with Crippen LogP contribution in [0.1, 0.15) is 16.1 Å². The van der Waals surface area contributed by atoms with Gasteiger partial charge in [0, 0.05) is 17.8 Å². The minimum atomic E-state index is -0.630. The lowest BCUT2D eigenvalue weighted by Crippen LogP contribution is -2.11. The number of nitrogen functional groups attached to an aromatic ring is 1. The summed E-state index contributed by atoms with van der Waals surface area (Å²) in [6, 6.07) is 9.17. The highest BCUT2D eigenvalue weighted by atomic mass is 35.5. The Balaban J connectivity index is 2.36. The number of benzene rings is 1. The monoisotopic (exact) mass is 326 g/mol. The van der Waals surface area contributed by atoms with Crippen molar-refractivity contribution in [3.8, 4) is 11.8 Å². The van der Waals surface area contributed by atoms with Gasteiger partial charge in [0.1, 0.15) is 6.07 Å². The van der Waals surface area contributed by atoms with Crippen molar-refractivity contribution in [2.75, 3.05) is 12.8 Å². The van der Waals surface area contributed by atoms with Gasteiger partial charge in [-0.1, -0.05) is 23.7 Å². The molecule has 2 N–H and O–H groups in total. The van der Waals surface area contributed by atoms with Crippen LogP contribution in [0.2, 0.25) is 5.02 Å². The molecule has 0 radical (unpaired) electrons. The van der Waals surface area contributed by atoms with E-state index in [4.69, 9.17) is 22.1 Å². The summed E-state index contributed by atoms with van der Waals surface area (Å²) >= 11 is 5.97. The molecule has 23 heavy (non-hydrogen) atoms. The predicted octanol–water partition coefficient (Wildman–Crippen LogP) is 2.92. The number of carbonyl (C=O) groups is 1. The highest BCUT2D eigenvalue weighted by Crippen LogP contribution is 2.29. The first-order valence-corrected chi connectivity index (χ1v) is 6.98. The molecular weight excluding hydrogens is 316 g/mol. The zero-order valence-electron chi connectivity index (χ0n) is 12.1. The van der Waals surface area contributed by atoms with Crippen LogP contribution < -0.4 is 5.73 Å². The van der Waals surface area contributed by atoms with Gasteiger partial charge in [-0.2, -0.15) is 5.26 Å². The first kappa shape index (κ1) is 14.9. The molecule has 0 saturated carbocycles. The summed E-state index contributed by atoms with van der Waals surface area (Å²) in [6.45, 7) is 0. The second-order valence-corrected chi connectivity index (χ2v) is 5.22. The number of ether oxygens (including phenoxy) is 1. The second-order valence-electron chi connectivity index (χ2n) is 4.78.